The number of amides is 4. The molecule has 1 atom stereocenters. The third kappa shape index (κ3) is 3.63. The summed E-state index contributed by atoms with van der Waals surface area (Å²) in [4.78, 5) is 38.1. The first-order chi connectivity index (χ1) is 13.4. The zero-order valence-electron chi connectivity index (χ0n) is 16.4. The van der Waals surface area contributed by atoms with E-state index >= 15 is 0 Å². The molecule has 146 valence electrons. The van der Waals surface area contributed by atoms with Gasteiger partial charge in [-0.1, -0.05) is 63.2 Å². The van der Waals surface area contributed by atoms with E-state index in [0.29, 0.717) is 23.5 Å². The second kappa shape index (κ2) is 7.84. The summed E-state index contributed by atoms with van der Waals surface area (Å²) in [5.41, 5.74) is 3.48. The van der Waals surface area contributed by atoms with E-state index in [0.717, 1.165) is 17.0 Å². The molecule has 1 saturated heterocycles. The van der Waals surface area contributed by atoms with Crippen molar-refractivity contribution in [2.24, 2.45) is 5.92 Å². The maximum atomic E-state index is 13.0. The molecule has 1 heterocycles. The molecule has 2 aromatic rings. The number of urea groups is 1. The molecule has 0 bridgehead atoms. The van der Waals surface area contributed by atoms with Crippen LogP contribution in [0.1, 0.15) is 48.7 Å². The minimum absolute atomic E-state index is 0.373. The Morgan fingerprint density at radius 3 is 2.29 bits per heavy atom. The van der Waals surface area contributed by atoms with Gasteiger partial charge in [-0.25, -0.2) is 4.79 Å². The fourth-order valence-corrected chi connectivity index (χ4v) is 3.47. The molecular weight excluding hydrogens is 354 g/mol. The van der Waals surface area contributed by atoms with Crippen molar-refractivity contribution in [3.63, 3.8) is 0 Å². The van der Waals surface area contributed by atoms with Gasteiger partial charge in [-0.15, -0.1) is 0 Å². The first kappa shape index (κ1) is 19.6. The number of hydrazine groups is 1. The van der Waals surface area contributed by atoms with E-state index in [-0.39, 0.29) is 0 Å². The summed E-state index contributed by atoms with van der Waals surface area (Å²) in [5, 5.41) is 3.52. The number of hydrogen-bond donors (Lipinski definition) is 2. The standard InChI is InChI=1S/C22H25N3O3/c1-4-22(18-8-6-5-7-9-18)20(27)25(21(28)23-22)24-19(26)17-12-10-16(11-13-17)14-15(2)3/h5-13,15H,4,14H2,1-3H3,(H,23,28)(H,24,26)/t22-/m1/s1. The average molecular weight is 379 g/mol. The summed E-state index contributed by atoms with van der Waals surface area (Å²) >= 11 is 0. The molecule has 0 aliphatic carbocycles. The van der Waals surface area contributed by atoms with Gasteiger partial charge in [-0.05, 0) is 42.0 Å². The minimum atomic E-state index is -1.17. The highest BCUT2D eigenvalue weighted by Gasteiger charge is 2.52. The average Bonchev–Trinajstić information content (AvgIpc) is 2.94. The Labute approximate surface area is 164 Å². The molecule has 0 spiro atoms. The van der Waals surface area contributed by atoms with Crippen LogP contribution in [-0.4, -0.2) is 22.9 Å². The SMILES string of the molecule is CC[C@]1(c2ccccc2)NC(=O)N(NC(=O)c2ccc(CC(C)C)cc2)C1=O. The predicted molar refractivity (Wildman–Crippen MR) is 106 cm³/mol. The van der Waals surface area contributed by atoms with E-state index in [1.807, 2.05) is 37.3 Å². The first-order valence-electron chi connectivity index (χ1n) is 9.49. The van der Waals surface area contributed by atoms with Gasteiger partial charge in [0.2, 0.25) is 0 Å². The highest BCUT2D eigenvalue weighted by atomic mass is 16.2. The van der Waals surface area contributed by atoms with Crippen LogP contribution in [0.5, 0.6) is 0 Å². The third-order valence-electron chi connectivity index (χ3n) is 4.96. The first-order valence-corrected chi connectivity index (χ1v) is 9.49. The Bertz CT molecular complexity index is 878. The smallest absolute Gasteiger partial charge is 0.318 e. The summed E-state index contributed by atoms with van der Waals surface area (Å²) in [6.45, 7) is 6.08. The molecule has 0 aromatic heterocycles. The normalized spacial score (nSPS) is 19.1. The molecule has 28 heavy (non-hydrogen) atoms. The van der Waals surface area contributed by atoms with Gasteiger partial charge in [-0.3, -0.25) is 15.0 Å². The number of imide groups is 1. The number of rotatable bonds is 6. The summed E-state index contributed by atoms with van der Waals surface area (Å²) in [7, 11) is 0. The summed E-state index contributed by atoms with van der Waals surface area (Å²) < 4.78 is 0. The monoisotopic (exact) mass is 379 g/mol. The second-order valence-electron chi connectivity index (χ2n) is 7.43. The molecule has 1 aliphatic rings. The van der Waals surface area contributed by atoms with E-state index in [4.69, 9.17) is 0 Å². The van der Waals surface area contributed by atoms with E-state index in [1.54, 1.807) is 24.3 Å². The molecule has 2 N–H and O–H groups in total. The number of carbonyl (C=O) groups is 3. The number of hydrogen-bond acceptors (Lipinski definition) is 3. The molecule has 6 nitrogen and oxygen atoms in total. The van der Waals surface area contributed by atoms with Crippen LogP contribution in [0.4, 0.5) is 4.79 Å². The Hall–Kier alpha value is -3.15. The van der Waals surface area contributed by atoms with Crippen molar-refractivity contribution in [2.75, 3.05) is 0 Å². The van der Waals surface area contributed by atoms with Gasteiger partial charge in [0.05, 0.1) is 0 Å². The zero-order valence-corrected chi connectivity index (χ0v) is 16.4. The van der Waals surface area contributed by atoms with Crippen LogP contribution in [0.2, 0.25) is 0 Å². The van der Waals surface area contributed by atoms with E-state index in [2.05, 4.69) is 24.6 Å². The van der Waals surface area contributed by atoms with Crippen LogP contribution >= 0.6 is 0 Å². The highest BCUT2D eigenvalue weighted by Crippen LogP contribution is 2.31. The maximum absolute atomic E-state index is 13.0. The van der Waals surface area contributed by atoms with Gasteiger partial charge < -0.3 is 5.32 Å². The fourth-order valence-electron chi connectivity index (χ4n) is 3.47. The predicted octanol–water partition coefficient (Wildman–Crippen LogP) is 3.39. The fraction of sp³-hybridized carbons (Fsp3) is 0.318. The molecule has 4 amide bonds. The van der Waals surface area contributed by atoms with Crippen LogP contribution in [-0.2, 0) is 16.8 Å². The molecule has 1 aliphatic heterocycles. The van der Waals surface area contributed by atoms with Gasteiger partial charge >= 0.3 is 6.03 Å². The molecular formula is C22H25N3O3. The number of nitrogens with one attached hydrogen (secondary N) is 2. The van der Waals surface area contributed by atoms with Crippen LogP contribution in [0.3, 0.4) is 0 Å². The van der Waals surface area contributed by atoms with Gasteiger partial charge in [-0.2, -0.15) is 5.01 Å². The van der Waals surface area contributed by atoms with Crippen LogP contribution < -0.4 is 10.7 Å². The Morgan fingerprint density at radius 2 is 1.71 bits per heavy atom. The third-order valence-corrected chi connectivity index (χ3v) is 4.96. The lowest BCUT2D eigenvalue weighted by Crippen LogP contribution is -2.48. The Morgan fingerprint density at radius 1 is 1.07 bits per heavy atom. The van der Waals surface area contributed by atoms with E-state index in [1.165, 1.54) is 0 Å². The van der Waals surface area contributed by atoms with E-state index < -0.39 is 23.4 Å². The van der Waals surface area contributed by atoms with Crippen molar-refractivity contribution in [2.45, 2.75) is 39.2 Å². The van der Waals surface area contributed by atoms with Crippen LogP contribution in [0.15, 0.2) is 54.6 Å². The molecule has 6 heteroatoms. The summed E-state index contributed by atoms with van der Waals surface area (Å²) in [6.07, 6.45) is 1.29. The zero-order chi connectivity index (χ0) is 20.3. The lowest BCUT2D eigenvalue weighted by atomic mass is 9.87. The van der Waals surface area contributed by atoms with Crippen molar-refractivity contribution < 1.29 is 14.4 Å². The van der Waals surface area contributed by atoms with Gasteiger partial charge in [0.1, 0.15) is 5.54 Å². The summed E-state index contributed by atoms with van der Waals surface area (Å²) in [6, 6.07) is 15.6. The number of benzene rings is 2. The lowest BCUT2D eigenvalue weighted by Gasteiger charge is -2.25. The molecule has 0 radical (unpaired) electrons. The molecule has 0 saturated carbocycles. The molecule has 0 unspecified atom stereocenters. The quantitative estimate of drug-likeness (QED) is 0.755. The molecule has 2 aromatic carbocycles. The molecule has 3 rings (SSSR count). The number of nitrogens with zero attached hydrogens (tertiary/aromatic N) is 1. The minimum Gasteiger partial charge on any atom is -0.318 e. The van der Waals surface area contributed by atoms with Crippen LogP contribution in [0, 0.1) is 5.92 Å². The maximum Gasteiger partial charge on any atom is 0.344 e. The van der Waals surface area contributed by atoms with Gasteiger partial charge in [0.15, 0.2) is 0 Å². The second-order valence-corrected chi connectivity index (χ2v) is 7.43. The van der Waals surface area contributed by atoms with Gasteiger partial charge in [0, 0.05) is 5.56 Å². The van der Waals surface area contributed by atoms with E-state index in [9.17, 15) is 14.4 Å². The topological polar surface area (TPSA) is 78.5 Å². The molecule has 1 fully saturated rings. The van der Waals surface area contributed by atoms with Crippen molar-refractivity contribution in [3.05, 3.63) is 71.3 Å². The number of carbonyl (C=O) groups excluding carboxylic acids is 3. The van der Waals surface area contributed by atoms with Crippen molar-refractivity contribution in [1.82, 2.24) is 15.8 Å². The van der Waals surface area contributed by atoms with Gasteiger partial charge in [0.25, 0.3) is 11.8 Å². The van der Waals surface area contributed by atoms with Crippen LogP contribution in [0.25, 0.3) is 0 Å². The van der Waals surface area contributed by atoms with Crippen molar-refractivity contribution >= 4 is 17.8 Å². The Balaban J connectivity index is 1.78. The highest BCUT2D eigenvalue weighted by molar-refractivity contribution is 6.09. The lowest BCUT2D eigenvalue weighted by molar-refractivity contribution is -0.133. The van der Waals surface area contributed by atoms with Crippen molar-refractivity contribution in [1.29, 1.82) is 0 Å². The summed E-state index contributed by atoms with van der Waals surface area (Å²) in [5.74, 6) is -0.471. The largest absolute Gasteiger partial charge is 0.344 e. The Kier molecular flexibility index (Phi) is 5.49. The van der Waals surface area contributed by atoms with Crippen molar-refractivity contribution in [3.8, 4) is 0 Å².